The second kappa shape index (κ2) is 3.68. The average molecular weight is 210 g/mol. The normalized spacial score (nSPS) is 35.1. The van der Waals surface area contributed by atoms with Crippen LogP contribution < -0.4 is 0 Å². The molecule has 15 heavy (non-hydrogen) atoms. The van der Waals surface area contributed by atoms with Crippen LogP contribution in [0.1, 0.15) is 26.2 Å². The molecule has 0 saturated heterocycles. The molecule has 4 heteroatoms. The molecule has 1 N–H and O–H groups in total. The van der Waals surface area contributed by atoms with Crippen LogP contribution in [-0.2, 0) is 14.3 Å². The van der Waals surface area contributed by atoms with Crippen LogP contribution in [0.2, 0.25) is 0 Å². The number of carboxylic acid groups (broad SMARTS) is 1. The number of carboxylic acids is 1. The van der Waals surface area contributed by atoms with Gasteiger partial charge in [0.25, 0.3) is 0 Å². The zero-order chi connectivity index (χ0) is 11.0. The first-order chi connectivity index (χ1) is 7.09. The molecule has 1 saturated carbocycles. The van der Waals surface area contributed by atoms with Gasteiger partial charge >= 0.3 is 5.97 Å². The van der Waals surface area contributed by atoms with E-state index in [-0.39, 0.29) is 23.6 Å². The van der Waals surface area contributed by atoms with Crippen molar-refractivity contribution >= 4 is 11.8 Å². The third-order valence-electron chi connectivity index (χ3n) is 3.25. The van der Waals surface area contributed by atoms with Crippen molar-refractivity contribution in [2.75, 3.05) is 0 Å². The summed E-state index contributed by atoms with van der Waals surface area (Å²) >= 11 is 0. The summed E-state index contributed by atoms with van der Waals surface area (Å²) in [6.07, 6.45) is 3.71. The smallest absolute Gasteiger partial charge is 0.371 e. The lowest BCUT2D eigenvalue weighted by molar-refractivity contribution is -0.144. The maximum atomic E-state index is 11.7. The lowest BCUT2D eigenvalue weighted by Gasteiger charge is -2.37. The Labute approximate surface area is 87.9 Å². The first-order valence-corrected chi connectivity index (χ1v) is 5.25. The molecular weight excluding hydrogens is 196 g/mol. The summed E-state index contributed by atoms with van der Waals surface area (Å²) in [5.74, 6) is -1.28. The van der Waals surface area contributed by atoms with Crippen LogP contribution >= 0.6 is 0 Å². The standard InChI is InChI=1S/C11H14O4/c1-6-3-2-4-8-10(6)7(12)5-9(15-8)11(13)14/h5-6,8,10H,2-4H2,1H3,(H,13,14). The fraction of sp³-hybridized carbons (Fsp3) is 0.636. The summed E-state index contributed by atoms with van der Waals surface area (Å²) in [5, 5.41) is 8.77. The van der Waals surface area contributed by atoms with Gasteiger partial charge in [-0.2, -0.15) is 0 Å². The number of ether oxygens (including phenoxy) is 1. The molecule has 3 unspecified atom stereocenters. The zero-order valence-corrected chi connectivity index (χ0v) is 8.60. The Morgan fingerprint density at radius 2 is 2.27 bits per heavy atom. The molecule has 3 atom stereocenters. The molecule has 0 spiro atoms. The number of ketones is 1. The highest BCUT2D eigenvalue weighted by molar-refractivity contribution is 6.00. The minimum Gasteiger partial charge on any atom is -0.482 e. The highest BCUT2D eigenvalue weighted by atomic mass is 16.5. The van der Waals surface area contributed by atoms with E-state index in [9.17, 15) is 9.59 Å². The Kier molecular flexibility index (Phi) is 2.50. The van der Waals surface area contributed by atoms with Crippen molar-refractivity contribution in [2.45, 2.75) is 32.3 Å². The van der Waals surface area contributed by atoms with Gasteiger partial charge in [0.05, 0.1) is 5.92 Å². The third kappa shape index (κ3) is 1.76. The lowest BCUT2D eigenvalue weighted by Crippen LogP contribution is -2.41. The molecule has 2 rings (SSSR count). The van der Waals surface area contributed by atoms with Crippen LogP contribution in [0.4, 0.5) is 0 Å². The van der Waals surface area contributed by atoms with E-state index in [2.05, 4.69) is 0 Å². The fourth-order valence-electron chi connectivity index (χ4n) is 2.50. The molecular formula is C11H14O4. The topological polar surface area (TPSA) is 63.6 Å². The summed E-state index contributed by atoms with van der Waals surface area (Å²) in [7, 11) is 0. The number of carbonyl (C=O) groups excluding carboxylic acids is 1. The van der Waals surface area contributed by atoms with Crippen LogP contribution in [0.3, 0.4) is 0 Å². The van der Waals surface area contributed by atoms with E-state index in [4.69, 9.17) is 9.84 Å². The van der Waals surface area contributed by atoms with Gasteiger partial charge < -0.3 is 9.84 Å². The molecule has 2 aliphatic rings. The van der Waals surface area contributed by atoms with Crippen molar-refractivity contribution in [3.8, 4) is 0 Å². The Morgan fingerprint density at radius 1 is 1.53 bits per heavy atom. The van der Waals surface area contributed by atoms with Crippen LogP contribution in [0.15, 0.2) is 11.8 Å². The number of carbonyl (C=O) groups is 2. The van der Waals surface area contributed by atoms with Crippen LogP contribution in [-0.4, -0.2) is 23.0 Å². The number of allylic oxidation sites excluding steroid dienone is 1. The Bertz CT molecular complexity index is 331. The number of fused-ring (bicyclic) bond motifs is 1. The number of aliphatic carboxylic acids is 1. The zero-order valence-electron chi connectivity index (χ0n) is 8.60. The molecule has 4 nitrogen and oxygen atoms in total. The minimum absolute atomic E-state index is 0.0872. The highest BCUT2D eigenvalue weighted by Gasteiger charge is 2.40. The average Bonchev–Trinajstić information content (AvgIpc) is 2.17. The van der Waals surface area contributed by atoms with Crippen molar-refractivity contribution < 1.29 is 19.4 Å². The molecule has 82 valence electrons. The first kappa shape index (κ1) is 10.2. The molecule has 1 aliphatic heterocycles. The number of rotatable bonds is 1. The molecule has 1 fully saturated rings. The van der Waals surface area contributed by atoms with Gasteiger partial charge in [-0.15, -0.1) is 0 Å². The molecule has 0 bridgehead atoms. The minimum atomic E-state index is -1.15. The van der Waals surface area contributed by atoms with E-state index in [1.54, 1.807) is 0 Å². The van der Waals surface area contributed by atoms with Gasteiger partial charge in [-0.05, 0) is 25.2 Å². The molecule has 1 heterocycles. The summed E-state index contributed by atoms with van der Waals surface area (Å²) in [6.45, 7) is 2.03. The monoisotopic (exact) mass is 210 g/mol. The summed E-state index contributed by atoms with van der Waals surface area (Å²) in [6, 6.07) is 0. The predicted molar refractivity (Wildman–Crippen MR) is 52.1 cm³/mol. The quantitative estimate of drug-likeness (QED) is 0.709. The van der Waals surface area contributed by atoms with Crippen molar-refractivity contribution in [2.24, 2.45) is 11.8 Å². The number of hydrogen-bond acceptors (Lipinski definition) is 3. The Balaban J connectivity index is 2.25. The van der Waals surface area contributed by atoms with Crippen molar-refractivity contribution in [1.82, 2.24) is 0 Å². The van der Waals surface area contributed by atoms with Gasteiger partial charge in [-0.25, -0.2) is 4.79 Å². The van der Waals surface area contributed by atoms with Gasteiger partial charge in [0, 0.05) is 6.08 Å². The maximum absolute atomic E-state index is 11.7. The molecule has 0 amide bonds. The third-order valence-corrected chi connectivity index (χ3v) is 3.25. The van der Waals surface area contributed by atoms with Gasteiger partial charge in [0.1, 0.15) is 6.10 Å². The van der Waals surface area contributed by atoms with E-state index in [1.165, 1.54) is 0 Å². The van der Waals surface area contributed by atoms with E-state index < -0.39 is 5.97 Å². The van der Waals surface area contributed by atoms with Crippen LogP contribution in [0.25, 0.3) is 0 Å². The van der Waals surface area contributed by atoms with Crippen molar-refractivity contribution in [3.05, 3.63) is 11.8 Å². The predicted octanol–water partition coefficient (Wildman–Crippen LogP) is 1.36. The maximum Gasteiger partial charge on any atom is 0.371 e. The highest BCUT2D eigenvalue weighted by Crippen LogP contribution is 2.36. The van der Waals surface area contributed by atoms with Gasteiger partial charge in [-0.3, -0.25) is 4.79 Å². The van der Waals surface area contributed by atoms with E-state index in [1.807, 2.05) is 6.92 Å². The SMILES string of the molecule is CC1CCCC2OC(C(=O)O)=CC(=O)C12. The fourth-order valence-corrected chi connectivity index (χ4v) is 2.50. The summed E-state index contributed by atoms with van der Waals surface area (Å²) in [5.41, 5.74) is 0. The largest absolute Gasteiger partial charge is 0.482 e. The number of hydrogen-bond donors (Lipinski definition) is 1. The van der Waals surface area contributed by atoms with Crippen molar-refractivity contribution in [3.63, 3.8) is 0 Å². The van der Waals surface area contributed by atoms with Gasteiger partial charge in [0.2, 0.25) is 5.76 Å². The van der Waals surface area contributed by atoms with Crippen LogP contribution in [0, 0.1) is 11.8 Å². The molecule has 0 aromatic rings. The Morgan fingerprint density at radius 3 is 2.93 bits per heavy atom. The second-order valence-electron chi connectivity index (χ2n) is 4.31. The van der Waals surface area contributed by atoms with Gasteiger partial charge in [-0.1, -0.05) is 6.92 Å². The summed E-state index contributed by atoms with van der Waals surface area (Å²) in [4.78, 5) is 22.4. The molecule has 0 aromatic carbocycles. The van der Waals surface area contributed by atoms with Gasteiger partial charge in [0.15, 0.2) is 5.78 Å². The van der Waals surface area contributed by atoms with E-state index in [0.29, 0.717) is 5.92 Å². The Hall–Kier alpha value is -1.32. The second-order valence-corrected chi connectivity index (χ2v) is 4.31. The first-order valence-electron chi connectivity index (χ1n) is 5.25. The van der Waals surface area contributed by atoms with Crippen LogP contribution in [0.5, 0.6) is 0 Å². The molecule has 0 radical (unpaired) electrons. The lowest BCUT2D eigenvalue weighted by atomic mass is 9.75. The van der Waals surface area contributed by atoms with E-state index in [0.717, 1.165) is 25.3 Å². The molecule has 0 aromatic heterocycles. The van der Waals surface area contributed by atoms with Crippen molar-refractivity contribution in [1.29, 1.82) is 0 Å². The van der Waals surface area contributed by atoms with E-state index >= 15 is 0 Å². The summed E-state index contributed by atoms with van der Waals surface area (Å²) < 4.78 is 5.33. The molecule has 1 aliphatic carbocycles.